The minimum atomic E-state index is -0.394. The van der Waals surface area contributed by atoms with Crippen LogP contribution in [0.25, 0.3) is 0 Å². The number of ketones is 1. The number of esters is 1. The SMILES string of the molecule is O=C1CC(=O)C2CCCCC=C2O1. The maximum absolute atomic E-state index is 11.5. The van der Waals surface area contributed by atoms with Crippen LogP contribution in [-0.2, 0) is 14.3 Å². The van der Waals surface area contributed by atoms with Crippen LogP contribution in [0.1, 0.15) is 32.1 Å². The lowest BCUT2D eigenvalue weighted by Gasteiger charge is -2.21. The molecule has 1 unspecified atom stereocenters. The molecule has 1 fully saturated rings. The van der Waals surface area contributed by atoms with Gasteiger partial charge in [0.1, 0.15) is 12.2 Å². The second-order valence-corrected chi connectivity index (χ2v) is 3.56. The molecule has 0 radical (unpaired) electrons. The van der Waals surface area contributed by atoms with E-state index in [1.165, 1.54) is 0 Å². The van der Waals surface area contributed by atoms with Gasteiger partial charge >= 0.3 is 5.97 Å². The molecule has 0 aromatic heterocycles. The van der Waals surface area contributed by atoms with Crippen molar-refractivity contribution in [1.82, 2.24) is 0 Å². The summed E-state index contributed by atoms with van der Waals surface area (Å²) in [4.78, 5) is 22.4. The van der Waals surface area contributed by atoms with Crippen LogP contribution in [0, 0.1) is 5.92 Å². The van der Waals surface area contributed by atoms with Gasteiger partial charge in [0.2, 0.25) is 0 Å². The lowest BCUT2D eigenvalue weighted by Crippen LogP contribution is -2.28. The van der Waals surface area contributed by atoms with Crippen LogP contribution < -0.4 is 0 Å². The molecule has 1 saturated heterocycles. The van der Waals surface area contributed by atoms with Crippen molar-refractivity contribution in [3.8, 4) is 0 Å². The average molecular weight is 180 g/mol. The fraction of sp³-hybridized carbons (Fsp3) is 0.600. The Bertz CT molecular complexity index is 278. The van der Waals surface area contributed by atoms with Gasteiger partial charge in [-0.2, -0.15) is 0 Å². The molecule has 0 amide bonds. The molecule has 1 heterocycles. The van der Waals surface area contributed by atoms with E-state index in [0.717, 1.165) is 25.7 Å². The van der Waals surface area contributed by atoms with Gasteiger partial charge in [-0.25, -0.2) is 0 Å². The predicted molar refractivity (Wildman–Crippen MR) is 45.8 cm³/mol. The van der Waals surface area contributed by atoms with Crippen molar-refractivity contribution in [3.05, 3.63) is 11.8 Å². The summed E-state index contributed by atoms with van der Waals surface area (Å²) in [7, 11) is 0. The minimum Gasteiger partial charge on any atom is -0.430 e. The standard InChI is InChI=1S/C10H12O3/c11-8-6-10(12)13-9-5-3-1-2-4-7(8)9/h5,7H,1-4,6H2. The van der Waals surface area contributed by atoms with E-state index in [9.17, 15) is 9.59 Å². The number of carbonyl (C=O) groups is 2. The topological polar surface area (TPSA) is 43.4 Å². The normalized spacial score (nSPS) is 28.6. The second kappa shape index (κ2) is 3.32. The number of fused-ring (bicyclic) bond motifs is 1. The van der Waals surface area contributed by atoms with Crippen molar-refractivity contribution >= 4 is 11.8 Å². The second-order valence-electron chi connectivity index (χ2n) is 3.56. The smallest absolute Gasteiger partial charge is 0.318 e. The number of carbonyl (C=O) groups excluding carboxylic acids is 2. The zero-order valence-corrected chi connectivity index (χ0v) is 7.41. The first-order valence-corrected chi connectivity index (χ1v) is 4.71. The van der Waals surface area contributed by atoms with Gasteiger partial charge in [0, 0.05) is 0 Å². The summed E-state index contributed by atoms with van der Waals surface area (Å²) in [6.07, 6.45) is 5.76. The third-order valence-corrected chi connectivity index (χ3v) is 2.57. The summed E-state index contributed by atoms with van der Waals surface area (Å²) < 4.78 is 5.04. The molecule has 1 atom stereocenters. The van der Waals surface area contributed by atoms with Gasteiger partial charge in [0.05, 0.1) is 5.92 Å². The molecule has 2 aliphatic rings. The minimum absolute atomic E-state index is 0.0319. The fourth-order valence-corrected chi connectivity index (χ4v) is 1.89. The molecule has 1 aliphatic carbocycles. The van der Waals surface area contributed by atoms with Gasteiger partial charge in [0.15, 0.2) is 5.78 Å². The van der Waals surface area contributed by atoms with E-state index in [0.29, 0.717) is 5.76 Å². The van der Waals surface area contributed by atoms with Crippen molar-refractivity contribution in [3.63, 3.8) is 0 Å². The Hall–Kier alpha value is -1.12. The number of rotatable bonds is 0. The maximum Gasteiger partial charge on any atom is 0.318 e. The highest BCUT2D eigenvalue weighted by Gasteiger charge is 2.33. The Morgan fingerprint density at radius 1 is 1.31 bits per heavy atom. The monoisotopic (exact) mass is 180 g/mol. The first-order valence-electron chi connectivity index (χ1n) is 4.71. The summed E-state index contributed by atoms with van der Waals surface area (Å²) in [5, 5.41) is 0. The summed E-state index contributed by atoms with van der Waals surface area (Å²) >= 11 is 0. The Balaban J connectivity index is 2.23. The average Bonchev–Trinajstić information content (AvgIpc) is 2.28. The molecule has 0 aromatic rings. The van der Waals surface area contributed by atoms with Crippen LogP contribution in [0.5, 0.6) is 0 Å². The van der Waals surface area contributed by atoms with E-state index >= 15 is 0 Å². The number of ether oxygens (including phenoxy) is 1. The van der Waals surface area contributed by atoms with Gasteiger partial charge in [-0.1, -0.05) is 6.42 Å². The predicted octanol–water partition coefficient (Wildman–Crippen LogP) is 1.58. The zero-order valence-electron chi connectivity index (χ0n) is 7.41. The van der Waals surface area contributed by atoms with Crippen LogP contribution in [-0.4, -0.2) is 11.8 Å². The Morgan fingerprint density at radius 2 is 2.15 bits per heavy atom. The van der Waals surface area contributed by atoms with E-state index in [1.807, 2.05) is 6.08 Å². The third kappa shape index (κ3) is 1.64. The van der Waals surface area contributed by atoms with Crippen LogP contribution >= 0.6 is 0 Å². The Morgan fingerprint density at radius 3 is 3.00 bits per heavy atom. The van der Waals surface area contributed by atoms with Crippen molar-refractivity contribution in [2.45, 2.75) is 32.1 Å². The maximum atomic E-state index is 11.5. The van der Waals surface area contributed by atoms with Crippen molar-refractivity contribution in [2.75, 3.05) is 0 Å². The molecule has 2 rings (SSSR count). The van der Waals surface area contributed by atoms with Crippen LogP contribution in [0.15, 0.2) is 11.8 Å². The molecule has 0 N–H and O–H groups in total. The van der Waals surface area contributed by atoms with Gasteiger partial charge in [-0.3, -0.25) is 9.59 Å². The van der Waals surface area contributed by atoms with Crippen molar-refractivity contribution < 1.29 is 14.3 Å². The quantitative estimate of drug-likeness (QED) is 0.420. The molecule has 3 nitrogen and oxygen atoms in total. The van der Waals surface area contributed by atoms with Gasteiger partial charge in [0.25, 0.3) is 0 Å². The largest absolute Gasteiger partial charge is 0.430 e. The highest BCUT2D eigenvalue weighted by Crippen LogP contribution is 2.30. The van der Waals surface area contributed by atoms with Crippen LogP contribution in [0.3, 0.4) is 0 Å². The van der Waals surface area contributed by atoms with E-state index in [-0.39, 0.29) is 18.1 Å². The van der Waals surface area contributed by atoms with Crippen LogP contribution in [0.2, 0.25) is 0 Å². The number of allylic oxidation sites excluding steroid dienone is 2. The van der Waals surface area contributed by atoms with Crippen LogP contribution in [0.4, 0.5) is 0 Å². The summed E-state index contributed by atoms with van der Waals surface area (Å²) in [6, 6.07) is 0. The highest BCUT2D eigenvalue weighted by atomic mass is 16.5. The van der Waals surface area contributed by atoms with E-state index < -0.39 is 5.97 Å². The van der Waals surface area contributed by atoms with E-state index in [4.69, 9.17) is 4.74 Å². The molecule has 0 saturated carbocycles. The van der Waals surface area contributed by atoms with E-state index in [2.05, 4.69) is 0 Å². The first kappa shape index (κ1) is 8.48. The summed E-state index contributed by atoms with van der Waals surface area (Å²) in [5.41, 5.74) is 0. The van der Waals surface area contributed by atoms with Crippen molar-refractivity contribution in [1.29, 1.82) is 0 Å². The molecule has 13 heavy (non-hydrogen) atoms. The highest BCUT2D eigenvalue weighted by molar-refractivity contribution is 6.00. The molecule has 0 aromatic carbocycles. The van der Waals surface area contributed by atoms with Gasteiger partial charge in [-0.05, 0) is 25.3 Å². The molecule has 70 valence electrons. The fourth-order valence-electron chi connectivity index (χ4n) is 1.89. The molecular formula is C10H12O3. The Kier molecular flexibility index (Phi) is 2.17. The molecule has 0 spiro atoms. The number of hydrogen-bond donors (Lipinski definition) is 0. The number of Topliss-reactive ketones (excluding diaryl/α,β-unsaturated/α-hetero) is 1. The molecule has 1 aliphatic heterocycles. The molecule has 0 bridgehead atoms. The molecular weight excluding hydrogens is 168 g/mol. The van der Waals surface area contributed by atoms with Gasteiger partial charge in [-0.15, -0.1) is 0 Å². The number of hydrogen-bond acceptors (Lipinski definition) is 3. The van der Waals surface area contributed by atoms with E-state index in [1.54, 1.807) is 0 Å². The zero-order chi connectivity index (χ0) is 9.26. The lowest BCUT2D eigenvalue weighted by atomic mass is 9.93. The summed E-state index contributed by atoms with van der Waals surface area (Å²) in [5.74, 6) is 0.123. The Labute approximate surface area is 76.8 Å². The summed E-state index contributed by atoms with van der Waals surface area (Å²) in [6.45, 7) is 0. The third-order valence-electron chi connectivity index (χ3n) is 2.57. The van der Waals surface area contributed by atoms with Crippen molar-refractivity contribution in [2.24, 2.45) is 5.92 Å². The molecule has 3 heteroatoms. The first-order chi connectivity index (χ1) is 6.27. The van der Waals surface area contributed by atoms with Gasteiger partial charge < -0.3 is 4.74 Å². The lowest BCUT2D eigenvalue weighted by molar-refractivity contribution is -0.149.